The van der Waals surface area contributed by atoms with Crippen molar-refractivity contribution in [1.29, 1.82) is 0 Å². The highest BCUT2D eigenvalue weighted by Crippen LogP contribution is 2.16. The van der Waals surface area contributed by atoms with Gasteiger partial charge in [0.15, 0.2) is 0 Å². The van der Waals surface area contributed by atoms with Gasteiger partial charge in [0.1, 0.15) is 12.2 Å². The zero-order valence-electron chi connectivity index (χ0n) is 11.8. The Balaban J connectivity index is 2.92. The predicted octanol–water partition coefficient (Wildman–Crippen LogP) is 2.46. The molecule has 5 nitrogen and oxygen atoms in total. The van der Waals surface area contributed by atoms with Crippen LogP contribution in [0, 0.1) is 0 Å². The topological polar surface area (TPSA) is 51.5 Å². The monoisotopic (exact) mass is 342 g/mol. The molecule has 1 rings (SSSR count). The fourth-order valence-electron chi connectivity index (χ4n) is 1.81. The molecule has 110 valence electrons. The van der Waals surface area contributed by atoms with Gasteiger partial charge in [0.2, 0.25) is 0 Å². The summed E-state index contributed by atoms with van der Waals surface area (Å²) in [5.41, 5.74) is 0.533. The first-order valence-corrected chi connectivity index (χ1v) is 7.24. The van der Waals surface area contributed by atoms with Crippen LogP contribution in [0.1, 0.15) is 24.3 Å². The van der Waals surface area contributed by atoms with Gasteiger partial charge in [-0.05, 0) is 35.8 Å². The number of hydrogen-bond acceptors (Lipinski definition) is 3. The lowest BCUT2D eigenvalue weighted by Gasteiger charge is -2.20. The number of esters is 1. The van der Waals surface area contributed by atoms with Crippen LogP contribution >= 0.6 is 15.9 Å². The Labute approximate surface area is 127 Å². The molecule has 6 heteroatoms. The summed E-state index contributed by atoms with van der Waals surface area (Å²) in [7, 11) is 0. The molecule has 0 fully saturated rings. The Morgan fingerprint density at radius 2 is 2.20 bits per heavy atom. The molecule has 0 saturated heterocycles. The summed E-state index contributed by atoms with van der Waals surface area (Å²) in [4.78, 5) is 25.5. The summed E-state index contributed by atoms with van der Waals surface area (Å²) in [6, 6.07) is 1.74. The lowest BCUT2D eigenvalue weighted by molar-refractivity contribution is -0.143. The summed E-state index contributed by atoms with van der Waals surface area (Å²) < 4.78 is 7.54. The number of aryl methyl sites for hydroxylation is 1. The molecule has 1 amide bonds. The van der Waals surface area contributed by atoms with E-state index in [1.54, 1.807) is 19.1 Å². The van der Waals surface area contributed by atoms with Crippen LogP contribution in [0.4, 0.5) is 0 Å². The Hall–Kier alpha value is -1.56. The predicted molar refractivity (Wildman–Crippen MR) is 80.5 cm³/mol. The van der Waals surface area contributed by atoms with Crippen molar-refractivity contribution in [2.24, 2.45) is 0 Å². The van der Waals surface area contributed by atoms with Gasteiger partial charge in [0.05, 0.1) is 6.61 Å². The van der Waals surface area contributed by atoms with Crippen LogP contribution in [0.2, 0.25) is 0 Å². The maximum absolute atomic E-state index is 12.5. The number of carbonyl (C=O) groups is 2. The van der Waals surface area contributed by atoms with Crippen molar-refractivity contribution in [3.8, 4) is 0 Å². The van der Waals surface area contributed by atoms with Crippen molar-refractivity contribution in [3.05, 3.63) is 35.1 Å². The number of rotatable bonds is 7. The molecule has 0 spiro atoms. The molecule has 1 aromatic heterocycles. The van der Waals surface area contributed by atoms with Gasteiger partial charge in [0, 0.05) is 23.8 Å². The molecule has 20 heavy (non-hydrogen) atoms. The van der Waals surface area contributed by atoms with Crippen LogP contribution in [0.25, 0.3) is 0 Å². The van der Waals surface area contributed by atoms with E-state index < -0.39 is 5.97 Å². The lowest BCUT2D eigenvalue weighted by atomic mass is 10.3. The second kappa shape index (κ2) is 7.89. The number of halogens is 1. The molecule has 0 atom stereocenters. The minimum atomic E-state index is -0.420. The van der Waals surface area contributed by atoms with Gasteiger partial charge in [-0.2, -0.15) is 0 Å². The van der Waals surface area contributed by atoms with Crippen molar-refractivity contribution < 1.29 is 14.3 Å². The summed E-state index contributed by atoms with van der Waals surface area (Å²) in [6.45, 7) is 8.49. The Bertz CT molecular complexity index is 497. The highest BCUT2D eigenvalue weighted by atomic mass is 79.9. The largest absolute Gasteiger partial charge is 0.465 e. The number of amides is 1. The maximum Gasteiger partial charge on any atom is 0.325 e. The molecule has 0 unspecified atom stereocenters. The number of ether oxygens (including phenoxy) is 1. The van der Waals surface area contributed by atoms with Gasteiger partial charge in [0.25, 0.3) is 5.91 Å². The van der Waals surface area contributed by atoms with Crippen molar-refractivity contribution in [2.45, 2.75) is 20.4 Å². The number of aromatic nitrogens is 1. The van der Waals surface area contributed by atoms with E-state index in [4.69, 9.17) is 4.74 Å². The van der Waals surface area contributed by atoms with Crippen LogP contribution in [0.3, 0.4) is 0 Å². The smallest absolute Gasteiger partial charge is 0.325 e. The molecule has 0 aliphatic heterocycles. The van der Waals surface area contributed by atoms with E-state index in [-0.39, 0.29) is 12.5 Å². The Morgan fingerprint density at radius 3 is 2.75 bits per heavy atom. The summed E-state index contributed by atoms with van der Waals surface area (Å²) in [6.07, 6.45) is 3.43. The molecule has 1 heterocycles. The molecular formula is C14H19BrN2O3. The first-order valence-electron chi connectivity index (χ1n) is 6.44. The van der Waals surface area contributed by atoms with Gasteiger partial charge >= 0.3 is 5.97 Å². The lowest BCUT2D eigenvalue weighted by Crippen LogP contribution is -2.37. The van der Waals surface area contributed by atoms with Gasteiger partial charge in [-0.1, -0.05) is 6.08 Å². The Morgan fingerprint density at radius 1 is 1.50 bits per heavy atom. The minimum Gasteiger partial charge on any atom is -0.465 e. The summed E-state index contributed by atoms with van der Waals surface area (Å²) in [5, 5.41) is 0. The first-order chi connectivity index (χ1) is 9.53. The average molecular weight is 343 g/mol. The molecule has 0 saturated carbocycles. The average Bonchev–Trinajstić information content (AvgIpc) is 2.79. The number of nitrogens with zero attached hydrogens (tertiary/aromatic N) is 2. The highest BCUT2D eigenvalue weighted by Gasteiger charge is 2.21. The summed E-state index contributed by atoms with van der Waals surface area (Å²) in [5.74, 6) is -0.637. The SMILES string of the molecule is C=CCN(CC(=O)OCC)C(=O)c1cc(Br)cn1CC. The van der Waals surface area contributed by atoms with Crippen molar-refractivity contribution in [3.63, 3.8) is 0 Å². The molecule has 0 aliphatic rings. The zero-order valence-corrected chi connectivity index (χ0v) is 13.4. The van der Waals surface area contributed by atoms with Gasteiger partial charge < -0.3 is 14.2 Å². The van der Waals surface area contributed by atoms with E-state index in [1.807, 2.05) is 17.7 Å². The number of carbonyl (C=O) groups excluding carboxylic acids is 2. The standard InChI is InChI=1S/C14H19BrN2O3/c1-4-7-17(10-13(18)20-6-3)14(19)12-8-11(15)9-16(12)5-2/h4,8-9H,1,5-7,10H2,2-3H3. The quantitative estimate of drug-likeness (QED) is 0.565. The van der Waals surface area contributed by atoms with E-state index in [1.165, 1.54) is 4.90 Å². The van der Waals surface area contributed by atoms with Crippen LogP contribution in [-0.4, -0.2) is 41.0 Å². The third-order valence-electron chi connectivity index (χ3n) is 2.68. The normalized spacial score (nSPS) is 10.2. The van der Waals surface area contributed by atoms with Crippen molar-refractivity contribution in [2.75, 3.05) is 19.7 Å². The Kier molecular flexibility index (Phi) is 6.51. The van der Waals surface area contributed by atoms with Crippen molar-refractivity contribution in [1.82, 2.24) is 9.47 Å². The van der Waals surface area contributed by atoms with E-state index in [0.717, 1.165) is 4.47 Å². The number of hydrogen-bond donors (Lipinski definition) is 0. The second-order valence-corrected chi connectivity index (χ2v) is 5.02. The van der Waals surface area contributed by atoms with Crippen LogP contribution < -0.4 is 0 Å². The van der Waals surface area contributed by atoms with Gasteiger partial charge in [-0.25, -0.2) is 0 Å². The molecule has 0 bridgehead atoms. The summed E-state index contributed by atoms with van der Waals surface area (Å²) >= 11 is 3.35. The van der Waals surface area contributed by atoms with E-state index >= 15 is 0 Å². The van der Waals surface area contributed by atoms with Gasteiger partial charge in [-0.15, -0.1) is 6.58 Å². The van der Waals surface area contributed by atoms with E-state index in [9.17, 15) is 9.59 Å². The van der Waals surface area contributed by atoms with Crippen LogP contribution in [0.5, 0.6) is 0 Å². The van der Waals surface area contributed by atoms with Gasteiger partial charge in [-0.3, -0.25) is 9.59 Å². The molecule has 0 aliphatic carbocycles. The van der Waals surface area contributed by atoms with Crippen LogP contribution in [0.15, 0.2) is 29.4 Å². The minimum absolute atomic E-state index is 0.0782. The fraction of sp³-hybridized carbons (Fsp3) is 0.429. The second-order valence-electron chi connectivity index (χ2n) is 4.11. The van der Waals surface area contributed by atoms with E-state index in [2.05, 4.69) is 22.5 Å². The van der Waals surface area contributed by atoms with E-state index in [0.29, 0.717) is 25.4 Å². The van der Waals surface area contributed by atoms with Crippen LogP contribution in [-0.2, 0) is 16.1 Å². The third kappa shape index (κ3) is 4.23. The first kappa shape index (κ1) is 16.5. The maximum atomic E-state index is 12.5. The third-order valence-corrected chi connectivity index (χ3v) is 3.12. The fourth-order valence-corrected chi connectivity index (χ4v) is 2.28. The zero-order chi connectivity index (χ0) is 15.1. The molecule has 0 N–H and O–H groups in total. The molecule has 0 radical (unpaired) electrons. The highest BCUT2D eigenvalue weighted by molar-refractivity contribution is 9.10. The molecular weight excluding hydrogens is 324 g/mol. The van der Waals surface area contributed by atoms with Crippen molar-refractivity contribution >= 4 is 27.8 Å². The molecule has 1 aromatic rings. The molecule has 0 aromatic carbocycles.